The fourth-order valence-corrected chi connectivity index (χ4v) is 4.58. The van der Waals surface area contributed by atoms with Gasteiger partial charge < -0.3 is 14.4 Å². The summed E-state index contributed by atoms with van der Waals surface area (Å²) in [6.45, 7) is 11.2. The van der Waals surface area contributed by atoms with E-state index in [0.717, 1.165) is 66.5 Å². The third kappa shape index (κ3) is 7.91. The summed E-state index contributed by atoms with van der Waals surface area (Å²) in [7, 11) is 0. The van der Waals surface area contributed by atoms with Gasteiger partial charge in [0.05, 0.1) is 12.7 Å². The molecule has 6 nitrogen and oxygen atoms in total. The van der Waals surface area contributed by atoms with E-state index < -0.39 is 0 Å². The largest absolute Gasteiger partial charge is 0.491 e. The third-order valence-electron chi connectivity index (χ3n) is 6.59. The van der Waals surface area contributed by atoms with Crippen LogP contribution in [0.4, 0.5) is 5.69 Å². The summed E-state index contributed by atoms with van der Waals surface area (Å²) in [6.07, 6.45) is 8.69. The molecule has 0 bridgehead atoms. The Labute approximate surface area is 222 Å². The molecule has 1 heterocycles. The smallest absolute Gasteiger partial charge is 0.336 e. The fraction of sp³-hybridized carbons (Fsp3) is 0.516. The molecule has 0 radical (unpaired) electrons. The number of nitrogens with zero attached hydrogens (tertiary/aromatic N) is 4. The first kappa shape index (κ1) is 26.9. The molecule has 3 aromatic rings. The number of anilines is 1. The van der Waals surface area contributed by atoms with Crippen molar-refractivity contribution in [1.82, 2.24) is 15.2 Å². The van der Waals surface area contributed by atoms with Crippen LogP contribution in [0.2, 0.25) is 0 Å². The Bertz CT molecular complexity index is 1090. The molecule has 0 spiro atoms. The number of benzene rings is 2. The van der Waals surface area contributed by atoms with Crippen molar-refractivity contribution in [3.63, 3.8) is 0 Å². The minimum Gasteiger partial charge on any atom is -0.491 e. The van der Waals surface area contributed by atoms with E-state index in [1.54, 1.807) is 0 Å². The molecule has 1 saturated carbocycles. The first-order valence-corrected chi connectivity index (χ1v) is 14.1. The normalized spacial score (nSPS) is 13.1. The second-order valence-corrected chi connectivity index (χ2v) is 10.3. The number of unbranched alkanes of at least 4 members (excludes halogenated alkanes) is 1. The molecular weight excluding hydrogens is 460 g/mol. The highest BCUT2D eigenvalue weighted by Gasteiger charge is 2.20. The zero-order valence-corrected chi connectivity index (χ0v) is 22.9. The molecular formula is C31H42N4O2. The van der Waals surface area contributed by atoms with Gasteiger partial charge in [-0.25, -0.2) is 0 Å². The van der Waals surface area contributed by atoms with E-state index in [1.165, 1.54) is 31.4 Å². The Kier molecular flexibility index (Phi) is 9.75. The van der Waals surface area contributed by atoms with E-state index in [9.17, 15) is 0 Å². The highest BCUT2D eigenvalue weighted by molar-refractivity contribution is 5.78. The van der Waals surface area contributed by atoms with E-state index in [1.807, 2.05) is 38.1 Å². The molecule has 4 rings (SSSR count). The molecule has 2 aromatic carbocycles. The van der Waals surface area contributed by atoms with E-state index in [-0.39, 0.29) is 6.10 Å². The van der Waals surface area contributed by atoms with Gasteiger partial charge in [-0.15, -0.1) is 5.10 Å². The summed E-state index contributed by atoms with van der Waals surface area (Å²) in [5.74, 6) is 1.79. The Morgan fingerprint density at radius 2 is 1.49 bits per heavy atom. The number of aromatic nitrogens is 3. The van der Waals surface area contributed by atoms with Gasteiger partial charge in [-0.3, -0.25) is 0 Å². The predicted molar refractivity (Wildman–Crippen MR) is 151 cm³/mol. The number of rotatable bonds is 15. The van der Waals surface area contributed by atoms with Crippen molar-refractivity contribution in [2.24, 2.45) is 5.92 Å². The molecule has 0 atom stereocenters. The quantitative estimate of drug-likeness (QED) is 0.200. The summed E-state index contributed by atoms with van der Waals surface area (Å²) in [5, 5.41) is 8.94. The highest BCUT2D eigenvalue weighted by Crippen LogP contribution is 2.34. The molecule has 6 heteroatoms. The van der Waals surface area contributed by atoms with Gasteiger partial charge in [-0.1, -0.05) is 50.3 Å². The lowest BCUT2D eigenvalue weighted by molar-refractivity contribution is 0.242. The molecule has 0 N–H and O–H groups in total. The van der Waals surface area contributed by atoms with Gasteiger partial charge in [0.25, 0.3) is 0 Å². The number of ether oxygens (including phenoxy) is 2. The lowest BCUT2D eigenvalue weighted by atomic mass is 10.0. The van der Waals surface area contributed by atoms with Crippen LogP contribution in [0.1, 0.15) is 72.6 Å². The van der Waals surface area contributed by atoms with Gasteiger partial charge in [0, 0.05) is 29.9 Å². The molecule has 37 heavy (non-hydrogen) atoms. The summed E-state index contributed by atoms with van der Waals surface area (Å²) in [5.41, 5.74) is 4.71. The molecule has 0 amide bonds. The molecule has 198 valence electrons. The zero-order valence-electron chi connectivity index (χ0n) is 22.9. The number of hydrogen-bond acceptors (Lipinski definition) is 6. The standard InChI is InChI=1S/C31H42N4O2/c1-5-20-35(21-6-2)27-16-12-26(13-17-27)30-29(25-14-18-28(19-15-25)37-23(3)4)32-31(34-33-30)36-22-8-7-9-24-10-11-24/h12-19,23-24H,5-11,20-22H2,1-4H3. The van der Waals surface area contributed by atoms with Crippen LogP contribution in [0.15, 0.2) is 48.5 Å². The first-order chi connectivity index (χ1) is 18.1. The Hall–Kier alpha value is -3.15. The van der Waals surface area contributed by atoms with Crippen molar-refractivity contribution in [3.05, 3.63) is 48.5 Å². The maximum Gasteiger partial charge on any atom is 0.336 e. The topological polar surface area (TPSA) is 60.4 Å². The molecule has 1 aliphatic carbocycles. The minimum atomic E-state index is 0.126. The van der Waals surface area contributed by atoms with Crippen LogP contribution >= 0.6 is 0 Å². The van der Waals surface area contributed by atoms with E-state index in [0.29, 0.717) is 12.6 Å². The second kappa shape index (κ2) is 13.4. The van der Waals surface area contributed by atoms with E-state index in [2.05, 4.69) is 53.2 Å². The Morgan fingerprint density at radius 3 is 2.11 bits per heavy atom. The van der Waals surface area contributed by atoms with Crippen molar-refractivity contribution in [2.45, 2.75) is 78.7 Å². The average molecular weight is 503 g/mol. The van der Waals surface area contributed by atoms with E-state index >= 15 is 0 Å². The van der Waals surface area contributed by atoms with Crippen LogP contribution in [-0.2, 0) is 0 Å². The second-order valence-electron chi connectivity index (χ2n) is 10.3. The van der Waals surface area contributed by atoms with Crippen LogP contribution < -0.4 is 14.4 Å². The Morgan fingerprint density at radius 1 is 0.838 bits per heavy atom. The van der Waals surface area contributed by atoms with Crippen molar-refractivity contribution in [1.29, 1.82) is 0 Å². The minimum absolute atomic E-state index is 0.126. The molecule has 1 aromatic heterocycles. The summed E-state index contributed by atoms with van der Waals surface area (Å²) >= 11 is 0. The van der Waals surface area contributed by atoms with Crippen molar-refractivity contribution in [2.75, 3.05) is 24.6 Å². The van der Waals surface area contributed by atoms with Crippen LogP contribution in [0, 0.1) is 5.92 Å². The van der Waals surface area contributed by atoms with Gasteiger partial charge in [0.15, 0.2) is 0 Å². The first-order valence-electron chi connectivity index (χ1n) is 14.1. The third-order valence-corrected chi connectivity index (χ3v) is 6.59. The summed E-state index contributed by atoms with van der Waals surface area (Å²) < 4.78 is 11.8. The fourth-order valence-electron chi connectivity index (χ4n) is 4.58. The Balaban J connectivity index is 1.57. The molecule has 0 unspecified atom stereocenters. The van der Waals surface area contributed by atoms with Crippen molar-refractivity contribution in [3.8, 4) is 34.3 Å². The SMILES string of the molecule is CCCN(CCC)c1ccc(-c2nnc(OCCCCC3CC3)nc2-c2ccc(OC(C)C)cc2)cc1. The van der Waals surface area contributed by atoms with E-state index in [4.69, 9.17) is 14.5 Å². The molecule has 0 saturated heterocycles. The van der Waals surface area contributed by atoms with Crippen LogP contribution in [0.25, 0.3) is 22.5 Å². The van der Waals surface area contributed by atoms with Gasteiger partial charge >= 0.3 is 6.01 Å². The van der Waals surface area contributed by atoms with Gasteiger partial charge in [-0.2, -0.15) is 4.98 Å². The van der Waals surface area contributed by atoms with Crippen LogP contribution in [0.3, 0.4) is 0 Å². The van der Waals surface area contributed by atoms with Crippen LogP contribution in [-0.4, -0.2) is 41.0 Å². The maximum atomic E-state index is 5.93. The average Bonchev–Trinajstić information content (AvgIpc) is 3.73. The zero-order chi connectivity index (χ0) is 26.0. The monoisotopic (exact) mass is 502 g/mol. The summed E-state index contributed by atoms with van der Waals surface area (Å²) in [6, 6.07) is 17.0. The molecule has 1 fully saturated rings. The molecule has 0 aliphatic heterocycles. The lowest BCUT2D eigenvalue weighted by Crippen LogP contribution is -2.24. The van der Waals surface area contributed by atoms with Gasteiger partial charge in [0.1, 0.15) is 17.1 Å². The predicted octanol–water partition coefficient (Wildman–Crippen LogP) is 7.58. The van der Waals surface area contributed by atoms with Crippen LogP contribution in [0.5, 0.6) is 11.8 Å². The van der Waals surface area contributed by atoms with Gasteiger partial charge in [-0.05, 0) is 81.8 Å². The maximum absolute atomic E-state index is 5.93. The van der Waals surface area contributed by atoms with Gasteiger partial charge in [0.2, 0.25) is 0 Å². The lowest BCUT2D eigenvalue weighted by Gasteiger charge is -2.24. The highest BCUT2D eigenvalue weighted by atomic mass is 16.5. The number of hydrogen-bond donors (Lipinski definition) is 0. The van der Waals surface area contributed by atoms with Crippen molar-refractivity contribution >= 4 is 5.69 Å². The van der Waals surface area contributed by atoms with Crippen molar-refractivity contribution < 1.29 is 9.47 Å². The molecule has 1 aliphatic rings. The summed E-state index contributed by atoms with van der Waals surface area (Å²) in [4.78, 5) is 7.26.